The normalized spacial score (nSPS) is 15.0. The first-order chi connectivity index (χ1) is 7.65. The van der Waals surface area contributed by atoms with Gasteiger partial charge in [-0.2, -0.15) is 0 Å². The summed E-state index contributed by atoms with van der Waals surface area (Å²) < 4.78 is 10.7. The molecule has 1 aromatic heterocycles. The molecule has 1 aromatic rings. The van der Waals surface area contributed by atoms with Gasteiger partial charge in [-0.1, -0.05) is 0 Å². The van der Waals surface area contributed by atoms with Crippen molar-refractivity contribution in [2.24, 2.45) is 5.73 Å². The Bertz CT molecular complexity index is 299. The van der Waals surface area contributed by atoms with Gasteiger partial charge in [0, 0.05) is 19.8 Å². The van der Waals surface area contributed by atoms with E-state index in [4.69, 9.17) is 14.9 Å². The van der Waals surface area contributed by atoms with Gasteiger partial charge in [0.1, 0.15) is 11.5 Å². The van der Waals surface area contributed by atoms with Crippen LogP contribution in [0.2, 0.25) is 0 Å². The molecule has 0 amide bonds. The predicted molar refractivity (Wildman–Crippen MR) is 68.8 cm³/mol. The molecule has 0 fully saturated rings. The molecule has 2 unspecified atom stereocenters. The van der Waals surface area contributed by atoms with Crippen molar-refractivity contribution in [3.63, 3.8) is 0 Å². The van der Waals surface area contributed by atoms with Crippen LogP contribution in [0.1, 0.15) is 30.1 Å². The number of thioether (sulfide) groups is 1. The van der Waals surface area contributed by atoms with Gasteiger partial charge in [0.25, 0.3) is 0 Å². The van der Waals surface area contributed by atoms with Gasteiger partial charge in [-0.15, -0.1) is 11.8 Å². The van der Waals surface area contributed by atoms with Crippen molar-refractivity contribution in [1.82, 2.24) is 0 Å². The molecule has 0 aliphatic heterocycles. The van der Waals surface area contributed by atoms with E-state index in [1.54, 1.807) is 7.11 Å². The van der Waals surface area contributed by atoms with Crippen LogP contribution < -0.4 is 5.73 Å². The Morgan fingerprint density at radius 2 is 2.25 bits per heavy atom. The third-order valence-corrected chi connectivity index (χ3v) is 3.85. The monoisotopic (exact) mass is 243 g/mol. The number of methoxy groups -OCH3 is 1. The number of hydrogen-bond acceptors (Lipinski definition) is 4. The second-order valence-corrected chi connectivity index (χ2v) is 5.19. The minimum atomic E-state index is 0.0955. The number of nitrogens with two attached hydrogens (primary N) is 1. The van der Waals surface area contributed by atoms with Crippen LogP contribution >= 0.6 is 11.8 Å². The summed E-state index contributed by atoms with van der Waals surface area (Å²) in [7, 11) is 1.73. The number of furan rings is 1. The lowest BCUT2D eigenvalue weighted by atomic mass is 10.2. The lowest BCUT2D eigenvalue weighted by Gasteiger charge is -2.17. The molecule has 1 rings (SSSR count). The number of rotatable bonds is 7. The van der Waals surface area contributed by atoms with E-state index in [1.807, 2.05) is 37.7 Å². The zero-order chi connectivity index (χ0) is 12.0. The first kappa shape index (κ1) is 13.6. The van der Waals surface area contributed by atoms with Crippen LogP contribution in [0.3, 0.4) is 0 Å². The van der Waals surface area contributed by atoms with Crippen LogP contribution in [0, 0.1) is 6.92 Å². The highest BCUT2D eigenvalue weighted by atomic mass is 32.2. The van der Waals surface area contributed by atoms with E-state index < -0.39 is 0 Å². The second kappa shape index (κ2) is 6.99. The number of hydrogen-bond donors (Lipinski definition) is 1. The van der Waals surface area contributed by atoms with Crippen molar-refractivity contribution in [2.45, 2.75) is 31.6 Å². The molecule has 16 heavy (non-hydrogen) atoms. The molecule has 0 aromatic carbocycles. The van der Waals surface area contributed by atoms with Gasteiger partial charge < -0.3 is 14.9 Å². The summed E-state index contributed by atoms with van der Waals surface area (Å²) in [4.78, 5) is 0. The van der Waals surface area contributed by atoms with Crippen LogP contribution in [0.5, 0.6) is 0 Å². The molecule has 3 nitrogen and oxygen atoms in total. The van der Waals surface area contributed by atoms with Crippen molar-refractivity contribution in [1.29, 1.82) is 0 Å². The topological polar surface area (TPSA) is 48.4 Å². The summed E-state index contributed by atoms with van der Waals surface area (Å²) in [5.41, 5.74) is 5.98. The molecule has 92 valence electrons. The van der Waals surface area contributed by atoms with E-state index in [0.29, 0.717) is 0 Å². The third-order valence-electron chi connectivity index (χ3n) is 2.31. The van der Waals surface area contributed by atoms with E-state index in [9.17, 15) is 0 Å². The number of aryl methyl sites for hydroxylation is 1. The van der Waals surface area contributed by atoms with Gasteiger partial charge in [-0.05, 0) is 38.2 Å². The van der Waals surface area contributed by atoms with E-state index in [0.717, 1.165) is 30.3 Å². The van der Waals surface area contributed by atoms with Gasteiger partial charge in [0.15, 0.2) is 0 Å². The molecule has 0 aliphatic rings. The van der Waals surface area contributed by atoms with Crippen molar-refractivity contribution in [3.8, 4) is 0 Å². The Morgan fingerprint density at radius 3 is 2.75 bits per heavy atom. The molecule has 0 spiro atoms. The Labute approximate surface area is 102 Å². The lowest BCUT2D eigenvalue weighted by molar-refractivity contribution is 0.200. The first-order valence-electron chi connectivity index (χ1n) is 5.57. The van der Waals surface area contributed by atoms with E-state index in [-0.39, 0.29) is 11.3 Å². The first-order valence-corrected chi connectivity index (χ1v) is 6.62. The molecule has 4 heteroatoms. The zero-order valence-electron chi connectivity index (χ0n) is 10.2. The minimum absolute atomic E-state index is 0.0955. The van der Waals surface area contributed by atoms with E-state index >= 15 is 0 Å². The summed E-state index contributed by atoms with van der Waals surface area (Å²) in [6, 6.07) is 4.10. The molecule has 0 saturated carbocycles. The van der Waals surface area contributed by atoms with Gasteiger partial charge in [0.05, 0.1) is 5.25 Å². The second-order valence-electron chi connectivity index (χ2n) is 3.95. The highest BCUT2D eigenvalue weighted by Gasteiger charge is 2.19. The molecular formula is C12H21NO2S. The van der Waals surface area contributed by atoms with Crippen LogP contribution in [0.15, 0.2) is 16.5 Å². The smallest absolute Gasteiger partial charge is 0.118 e. The van der Waals surface area contributed by atoms with Crippen molar-refractivity contribution in [2.75, 3.05) is 19.5 Å². The maximum absolute atomic E-state index is 5.98. The van der Waals surface area contributed by atoms with Crippen LogP contribution in [-0.2, 0) is 4.74 Å². The minimum Gasteiger partial charge on any atom is -0.465 e. The summed E-state index contributed by atoms with van der Waals surface area (Å²) in [6.45, 7) is 4.78. The number of ether oxygens (including phenoxy) is 1. The average molecular weight is 243 g/mol. The Kier molecular flexibility index (Phi) is 5.95. The van der Waals surface area contributed by atoms with Gasteiger partial charge >= 0.3 is 0 Å². The molecule has 1 heterocycles. The van der Waals surface area contributed by atoms with Crippen molar-refractivity contribution in [3.05, 3.63) is 23.7 Å². The quantitative estimate of drug-likeness (QED) is 0.748. The molecular weight excluding hydrogens is 222 g/mol. The van der Waals surface area contributed by atoms with Crippen LogP contribution in [-0.4, -0.2) is 25.5 Å². The predicted octanol–water partition coefficient (Wildman–Crippen LogP) is 2.75. The Hall–Kier alpha value is -0.450. The van der Waals surface area contributed by atoms with Gasteiger partial charge in [0.2, 0.25) is 0 Å². The fourth-order valence-electron chi connectivity index (χ4n) is 1.51. The van der Waals surface area contributed by atoms with Crippen LogP contribution in [0.4, 0.5) is 0 Å². The van der Waals surface area contributed by atoms with Crippen LogP contribution in [0.25, 0.3) is 0 Å². The molecule has 2 N–H and O–H groups in total. The summed E-state index contributed by atoms with van der Waals surface area (Å²) >= 11 is 1.84. The molecule has 0 radical (unpaired) electrons. The highest BCUT2D eigenvalue weighted by Crippen LogP contribution is 2.32. The SMILES string of the molecule is COCCCSC(c1ccc(C)o1)C(C)N. The van der Waals surface area contributed by atoms with Gasteiger partial charge in [-0.25, -0.2) is 0 Å². The zero-order valence-corrected chi connectivity index (χ0v) is 11.0. The third kappa shape index (κ3) is 4.20. The Balaban J connectivity index is 2.48. The molecule has 2 atom stereocenters. The van der Waals surface area contributed by atoms with Gasteiger partial charge in [-0.3, -0.25) is 0 Å². The Morgan fingerprint density at radius 1 is 1.50 bits per heavy atom. The molecule has 0 bridgehead atoms. The average Bonchev–Trinajstić information content (AvgIpc) is 2.64. The fourth-order valence-corrected chi connectivity index (χ4v) is 2.65. The van der Waals surface area contributed by atoms with E-state index in [2.05, 4.69) is 0 Å². The fraction of sp³-hybridized carbons (Fsp3) is 0.667. The maximum Gasteiger partial charge on any atom is 0.118 e. The van der Waals surface area contributed by atoms with Crippen molar-refractivity contribution < 1.29 is 9.15 Å². The van der Waals surface area contributed by atoms with Crippen molar-refractivity contribution >= 4 is 11.8 Å². The lowest BCUT2D eigenvalue weighted by Crippen LogP contribution is -2.22. The molecule has 0 aliphatic carbocycles. The largest absolute Gasteiger partial charge is 0.465 e. The highest BCUT2D eigenvalue weighted by molar-refractivity contribution is 7.99. The maximum atomic E-state index is 5.98. The standard InChI is InChI=1S/C12H21NO2S/c1-9-5-6-11(15-9)12(10(2)13)16-8-4-7-14-3/h5-6,10,12H,4,7-8,13H2,1-3H3. The van der Waals surface area contributed by atoms with E-state index in [1.165, 1.54) is 0 Å². The summed E-state index contributed by atoms with van der Waals surface area (Å²) in [5, 5.41) is 0.241. The molecule has 0 saturated heterocycles. The summed E-state index contributed by atoms with van der Waals surface area (Å²) in [5.74, 6) is 2.97. The summed E-state index contributed by atoms with van der Waals surface area (Å²) in [6.07, 6.45) is 1.05.